The third-order valence-electron chi connectivity index (χ3n) is 6.35. The van der Waals surface area contributed by atoms with Crippen molar-refractivity contribution >= 4 is 11.6 Å². The topological polar surface area (TPSA) is 79.2 Å². The summed E-state index contributed by atoms with van der Waals surface area (Å²) in [5.41, 5.74) is 1.66. The summed E-state index contributed by atoms with van der Waals surface area (Å²) in [6, 6.07) is 11.7. The maximum absolute atomic E-state index is 14.6. The molecule has 11 heteroatoms. The van der Waals surface area contributed by atoms with Crippen LogP contribution in [0.3, 0.4) is 0 Å². The Balaban J connectivity index is 1.49. The predicted molar refractivity (Wildman–Crippen MR) is 125 cm³/mol. The Kier molecular flexibility index (Phi) is 5.75. The van der Waals surface area contributed by atoms with Crippen LogP contribution in [0, 0.1) is 11.6 Å². The Bertz CT molecular complexity index is 1500. The van der Waals surface area contributed by atoms with Gasteiger partial charge in [-0.25, -0.2) is 8.78 Å². The van der Waals surface area contributed by atoms with E-state index in [1.54, 1.807) is 0 Å². The standard InChI is InChI=1S/C26H19F5N4O2/c1-14(24(36)34-33-18-8-6-16(27)7-9-18)35-13-15(12-32-35)20-10-17(28)11-22-23(20)19-4-2-3-5-21(19)25(22,37)26(29,30)31/h2-14,33,37H,1H3,(H,34,36)/t14-,25+/m0/s1. The first-order valence-electron chi connectivity index (χ1n) is 11.1. The van der Waals surface area contributed by atoms with Gasteiger partial charge < -0.3 is 5.11 Å². The lowest BCUT2D eigenvalue weighted by molar-refractivity contribution is -0.246. The second kappa shape index (κ2) is 8.70. The maximum Gasteiger partial charge on any atom is 0.425 e. The number of rotatable bonds is 5. The summed E-state index contributed by atoms with van der Waals surface area (Å²) in [4.78, 5) is 12.6. The number of fused-ring (bicyclic) bond motifs is 3. The summed E-state index contributed by atoms with van der Waals surface area (Å²) in [6.45, 7) is 1.53. The highest BCUT2D eigenvalue weighted by Crippen LogP contribution is 2.57. The molecule has 0 unspecified atom stereocenters. The van der Waals surface area contributed by atoms with E-state index in [0.29, 0.717) is 11.8 Å². The molecular formula is C26H19F5N4O2. The van der Waals surface area contributed by atoms with Gasteiger partial charge in [0.25, 0.3) is 5.91 Å². The van der Waals surface area contributed by atoms with E-state index in [1.165, 1.54) is 66.5 Å². The van der Waals surface area contributed by atoms with Crippen LogP contribution in [0.1, 0.15) is 24.1 Å². The number of hydrogen-bond donors (Lipinski definition) is 3. The van der Waals surface area contributed by atoms with Crippen LogP contribution in [-0.4, -0.2) is 27.0 Å². The molecule has 1 aliphatic rings. The number of nitrogens with zero attached hydrogens (tertiary/aromatic N) is 2. The van der Waals surface area contributed by atoms with Crippen LogP contribution in [0.25, 0.3) is 22.3 Å². The van der Waals surface area contributed by atoms with Gasteiger partial charge in [-0.15, -0.1) is 0 Å². The van der Waals surface area contributed by atoms with E-state index in [1.807, 2.05) is 0 Å². The van der Waals surface area contributed by atoms with Gasteiger partial charge in [0.1, 0.15) is 17.7 Å². The van der Waals surface area contributed by atoms with Gasteiger partial charge in [-0.3, -0.25) is 20.3 Å². The fourth-order valence-corrected chi connectivity index (χ4v) is 4.46. The normalized spacial score (nSPS) is 17.2. The number of aliphatic hydroxyl groups is 1. The van der Waals surface area contributed by atoms with Crippen LogP contribution >= 0.6 is 0 Å². The highest BCUT2D eigenvalue weighted by molar-refractivity contribution is 5.92. The number of hydrogen-bond acceptors (Lipinski definition) is 4. The number of alkyl halides is 3. The molecule has 4 aromatic rings. The zero-order chi connectivity index (χ0) is 26.5. The van der Waals surface area contributed by atoms with E-state index < -0.39 is 46.5 Å². The first-order valence-corrected chi connectivity index (χ1v) is 11.1. The molecule has 37 heavy (non-hydrogen) atoms. The van der Waals surface area contributed by atoms with Crippen molar-refractivity contribution in [2.75, 3.05) is 5.43 Å². The number of carbonyl (C=O) groups excluding carboxylic acids is 1. The molecule has 0 aliphatic heterocycles. The molecule has 0 spiro atoms. The quantitative estimate of drug-likeness (QED) is 0.249. The predicted octanol–water partition coefficient (Wildman–Crippen LogP) is 5.31. The molecule has 0 saturated heterocycles. The number of hydrazine groups is 1. The molecular weight excluding hydrogens is 495 g/mol. The largest absolute Gasteiger partial charge is 0.425 e. The Labute approximate surface area is 207 Å². The van der Waals surface area contributed by atoms with E-state index in [-0.39, 0.29) is 22.3 Å². The number of benzene rings is 3. The number of carbonyl (C=O) groups is 1. The third kappa shape index (κ3) is 4.01. The lowest BCUT2D eigenvalue weighted by Gasteiger charge is -2.28. The lowest BCUT2D eigenvalue weighted by Crippen LogP contribution is -2.41. The van der Waals surface area contributed by atoms with E-state index >= 15 is 0 Å². The lowest BCUT2D eigenvalue weighted by atomic mass is 9.89. The van der Waals surface area contributed by atoms with Gasteiger partial charge in [0, 0.05) is 22.9 Å². The Hall–Kier alpha value is -4.25. The van der Waals surface area contributed by atoms with Crippen molar-refractivity contribution in [2.24, 2.45) is 0 Å². The highest BCUT2D eigenvalue weighted by atomic mass is 19.4. The summed E-state index contributed by atoms with van der Waals surface area (Å²) in [7, 11) is 0. The third-order valence-corrected chi connectivity index (χ3v) is 6.35. The number of nitrogens with one attached hydrogen (secondary N) is 2. The molecule has 5 rings (SSSR count). The summed E-state index contributed by atoms with van der Waals surface area (Å²) in [5, 5.41) is 15.0. The number of halogens is 5. The molecule has 1 heterocycles. The average molecular weight is 514 g/mol. The van der Waals surface area contributed by atoms with E-state index in [4.69, 9.17) is 0 Å². The van der Waals surface area contributed by atoms with Gasteiger partial charge in [0.15, 0.2) is 0 Å². The molecule has 0 fully saturated rings. The summed E-state index contributed by atoms with van der Waals surface area (Å²) < 4.78 is 71.3. The number of anilines is 1. The van der Waals surface area contributed by atoms with Crippen LogP contribution < -0.4 is 10.9 Å². The fraction of sp³-hybridized carbons (Fsp3) is 0.154. The molecule has 3 N–H and O–H groups in total. The molecule has 1 amide bonds. The van der Waals surface area contributed by atoms with E-state index in [9.17, 15) is 31.9 Å². The molecule has 0 saturated carbocycles. The zero-order valence-electron chi connectivity index (χ0n) is 19.1. The second-order valence-corrected chi connectivity index (χ2v) is 8.64. The Morgan fingerprint density at radius 2 is 1.70 bits per heavy atom. The number of aromatic nitrogens is 2. The van der Waals surface area contributed by atoms with Gasteiger partial charge in [0.2, 0.25) is 5.60 Å². The first kappa shape index (κ1) is 24.4. The molecule has 2 atom stereocenters. The van der Waals surface area contributed by atoms with Crippen molar-refractivity contribution in [3.8, 4) is 22.3 Å². The Morgan fingerprint density at radius 1 is 1.00 bits per heavy atom. The molecule has 1 aliphatic carbocycles. The van der Waals surface area contributed by atoms with Crippen LogP contribution in [-0.2, 0) is 10.4 Å². The molecule has 190 valence electrons. The molecule has 3 aromatic carbocycles. The minimum atomic E-state index is -5.10. The number of amides is 1. The smallest absolute Gasteiger partial charge is 0.372 e. The van der Waals surface area contributed by atoms with Gasteiger partial charge in [0.05, 0.1) is 11.9 Å². The minimum Gasteiger partial charge on any atom is -0.372 e. The van der Waals surface area contributed by atoms with Crippen molar-refractivity contribution in [1.29, 1.82) is 0 Å². The van der Waals surface area contributed by atoms with E-state index in [0.717, 1.165) is 12.1 Å². The first-order chi connectivity index (χ1) is 17.5. The fourth-order valence-electron chi connectivity index (χ4n) is 4.46. The molecule has 0 radical (unpaired) electrons. The van der Waals surface area contributed by atoms with Crippen molar-refractivity contribution in [2.45, 2.75) is 24.7 Å². The van der Waals surface area contributed by atoms with Crippen molar-refractivity contribution in [1.82, 2.24) is 15.2 Å². The van der Waals surface area contributed by atoms with Crippen molar-refractivity contribution < 1.29 is 31.9 Å². The molecule has 6 nitrogen and oxygen atoms in total. The summed E-state index contributed by atoms with van der Waals surface area (Å²) in [5.74, 6) is -1.92. The summed E-state index contributed by atoms with van der Waals surface area (Å²) >= 11 is 0. The molecule has 0 bridgehead atoms. The SMILES string of the molecule is C[C@@H](C(=O)NNc1ccc(F)cc1)n1cc(-c2cc(F)cc3c2-c2ccccc2[C@]3(O)C(F)(F)F)cn1. The average Bonchev–Trinajstić information content (AvgIpc) is 3.45. The van der Waals surface area contributed by atoms with Crippen molar-refractivity contribution in [3.63, 3.8) is 0 Å². The van der Waals surface area contributed by atoms with E-state index in [2.05, 4.69) is 16.0 Å². The van der Waals surface area contributed by atoms with Crippen LogP contribution in [0.15, 0.2) is 73.1 Å². The van der Waals surface area contributed by atoms with Gasteiger partial charge in [-0.05, 0) is 60.0 Å². The minimum absolute atomic E-state index is 0.0338. The maximum atomic E-state index is 14.6. The van der Waals surface area contributed by atoms with Gasteiger partial charge in [-0.1, -0.05) is 24.3 Å². The van der Waals surface area contributed by atoms with Crippen molar-refractivity contribution in [3.05, 3.63) is 95.8 Å². The van der Waals surface area contributed by atoms with Crippen LogP contribution in [0.5, 0.6) is 0 Å². The second-order valence-electron chi connectivity index (χ2n) is 8.64. The zero-order valence-corrected chi connectivity index (χ0v) is 19.1. The highest BCUT2D eigenvalue weighted by Gasteiger charge is 2.61. The van der Waals surface area contributed by atoms with Crippen LogP contribution in [0.2, 0.25) is 0 Å². The Morgan fingerprint density at radius 3 is 2.41 bits per heavy atom. The van der Waals surface area contributed by atoms with Gasteiger partial charge in [-0.2, -0.15) is 18.3 Å². The van der Waals surface area contributed by atoms with Crippen LogP contribution in [0.4, 0.5) is 27.6 Å². The monoisotopic (exact) mass is 514 g/mol. The molecule has 1 aromatic heterocycles. The summed E-state index contributed by atoms with van der Waals surface area (Å²) in [6.07, 6.45) is -2.39. The van der Waals surface area contributed by atoms with Gasteiger partial charge >= 0.3 is 6.18 Å².